The zero-order valence-electron chi connectivity index (χ0n) is 20.8. The highest BCUT2D eigenvalue weighted by molar-refractivity contribution is 7.47. The minimum absolute atomic E-state index is 0.109. The number of hydrogen-bond acceptors (Lipinski definition) is 8. The van der Waals surface area contributed by atoms with Gasteiger partial charge in [-0.05, 0) is 24.8 Å². The molecule has 38 heavy (non-hydrogen) atoms. The van der Waals surface area contributed by atoms with Crippen LogP contribution in [-0.2, 0) is 24.8 Å². The Kier molecular flexibility index (Phi) is 10.7. The molecule has 1 unspecified atom stereocenters. The van der Waals surface area contributed by atoms with Crippen molar-refractivity contribution in [2.75, 3.05) is 13.2 Å². The van der Waals surface area contributed by atoms with Crippen LogP contribution in [-0.4, -0.2) is 50.5 Å². The number of aliphatic hydroxyl groups excluding tert-OH is 1. The Hall–Kier alpha value is -2.91. The molecule has 1 aromatic heterocycles. The number of aryl methyl sites for hydroxylation is 1. The summed E-state index contributed by atoms with van der Waals surface area (Å²) in [6.07, 6.45) is 0.554. The zero-order chi connectivity index (χ0) is 27.7. The first-order chi connectivity index (χ1) is 18.1. The summed E-state index contributed by atoms with van der Waals surface area (Å²) in [5.41, 5.74) is -1.26. The number of halogens is 1. The minimum atomic E-state index is -4.49. The second-order valence-corrected chi connectivity index (χ2v) is 10.1. The molecule has 1 fully saturated rings. The van der Waals surface area contributed by atoms with E-state index in [1.165, 1.54) is 5.56 Å². The number of phosphoric ester groups is 1. The van der Waals surface area contributed by atoms with Gasteiger partial charge >= 0.3 is 13.5 Å². The Morgan fingerprint density at radius 2 is 1.89 bits per heavy atom. The number of hydrogen-bond donors (Lipinski definition) is 2. The van der Waals surface area contributed by atoms with Crippen LogP contribution in [0.2, 0.25) is 0 Å². The number of aliphatic hydroxyl groups is 1. The van der Waals surface area contributed by atoms with Crippen molar-refractivity contribution in [3.8, 4) is 11.8 Å². The molecular weight excluding hydrogens is 522 g/mol. The highest BCUT2D eigenvalue weighted by atomic mass is 31.2. The summed E-state index contributed by atoms with van der Waals surface area (Å²) in [6.45, 7) is 0.204. The SMILES string of the molecule is CC(=O)n1c(=O)c(F)cn([C@H]2C[C@H](O)[C@@H](COP(=O)(O)OCCC#CCCCCc3ccccc3)O2)c1=O. The van der Waals surface area contributed by atoms with Crippen molar-refractivity contribution in [2.45, 2.75) is 63.9 Å². The van der Waals surface area contributed by atoms with E-state index >= 15 is 0 Å². The molecule has 1 aliphatic rings. The molecular formula is C25H30FN2O9P. The molecule has 13 heteroatoms. The van der Waals surface area contributed by atoms with Crippen LogP contribution >= 0.6 is 7.82 Å². The van der Waals surface area contributed by atoms with Gasteiger partial charge in [0.25, 0.3) is 5.56 Å². The molecule has 1 aromatic carbocycles. The molecule has 0 radical (unpaired) electrons. The van der Waals surface area contributed by atoms with E-state index in [1.54, 1.807) is 0 Å². The Morgan fingerprint density at radius 1 is 1.18 bits per heavy atom. The maximum Gasteiger partial charge on any atom is 0.472 e. The quantitative estimate of drug-likeness (QED) is 0.244. The van der Waals surface area contributed by atoms with E-state index in [0.29, 0.717) is 17.2 Å². The molecule has 0 amide bonds. The molecule has 1 aliphatic heterocycles. The largest absolute Gasteiger partial charge is 0.472 e. The molecule has 11 nitrogen and oxygen atoms in total. The summed E-state index contributed by atoms with van der Waals surface area (Å²) in [7, 11) is -4.49. The fourth-order valence-corrected chi connectivity index (χ4v) is 4.57. The van der Waals surface area contributed by atoms with E-state index in [-0.39, 0.29) is 24.0 Å². The average molecular weight is 552 g/mol. The topological polar surface area (TPSA) is 146 Å². The van der Waals surface area contributed by atoms with Crippen molar-refractivity contribution >= 4 is 13.7 Å². The van der Waals surface area contributed by atoms with Gasteiger partial charge in [-0.2, -0.15) is 8.96 Å². The highest BCUT2D eigenvalue weighted by Gasteiger charge is 2.38. The predicted molar refractivity (Wildman–Crippen MR) is 134 cm³/mol. The second kappa shape index (κ2) is 13.8. The zero-order valence-corrected chi connectivity index (χ0v) is 21.7. The van der Waals surface area contributed by atoms with Crippen LogP contribution in [0.4, 0.5) is 4.39 Å². The summed E-state index contributed by atoms with van der Waals surface area (Å²) in [5, 5.41) is 10.2. The van der Waals surface area contributed by atoms with E-state index in [1.807, 2.05) is 18.2 Å². The lowest BCUT2D eigenvalue weighted by Gasteiger charge is -2.18. The van der Waals surface area contributed by atoms with Crippen LogP contribution in [0.15, 0.2) is 46.1 Å². The smallest absolute Gasteiger partial charge is 0.390 e. The summed E-state index contributed by atoms with van der Waals surface area (Å²) < 4.78 is 42.1. The first-order valence-electron chi connectivity index (χ1n) is 12.1. The molecule has 3 rings (SSSR count). The lowest BCUT2D eigenvalue weighted by atomic mass is 10.1. The monoisotopic (exact) mass is 552 g/mol. The van der Waals surface area contributed by atoms with Crippen LogP contribution in [0.3, 0.4) is 0 Å². The van der Waals surface area contributed by atoms with Crippen LogP contribution in [0.5, 0.6) is 0 Å². The van der Waals surface area contributed by atoms with E-state index < -0.39 is 55.8 Å². The lowest BCUT2D eigenvalue weighted by molar-refractivity contribution is -0.0470. The Morgan fingerprint density at radius 3 is 2.61 bits per heavy atom. The third-order valence-corrected chi connectivity index (χ3v) is 6.75. The molecule has 206 valence electrons. The molecule has 4 atom stereocenters. The predicted octanol–water partition coefficient (Wildman–Crippen LogP) is 2.40. The molecule has 1 saturated heterocycles. The summed E-state index contributed by atoms with van der Waals surface area (Å²) in [4.78, 5) is 45.6. The van der Waals surface area contributed by atoms with Gasteiger partial charge < -0.3 is 14.7 Å². The number of aromatic nitrogens is 2. The number of phosphoric acid groups is 1. The number of unbranched alkanes of at least 4 members (excludes halogenated alkanes) is 2. The van der Waals surface area contributed by atoms with E-state index in [2.05, 4.69) is 24.0 Å². The third kappa shape index (κ3) is 8.30. The molecule has 0 aliphatic carbocycles. The van der Waals surface area contributed by atoms with Gasteiger partial charge in [-0.15, -0.1) is 11.8 Å². The molecule has 0 bridgehead atoms. The number of rotatable bonds is 11. The second-order valence-electron chi connectivity index (χ2n) is 8.65. The van der Waals surface area contributed by atoms with Gasteiger partial charge in [-0.3, -0.25) is 23.2 Å². The van der Waals surface area contributed by atoms with Gasteiger partial charge in [0.05, 0.1) is 25.5 Å². The Balaban J connectivity index is 1.41. The van der Waals surface area contributed by atoms with Crippen molar-refractivity contribution in [3.05, 3.63) is 68.7 Å². The number of carbonyl (C=O) groups excluding carboxylic acids is 1. The van der Waals surface area contributed by atoms with Crippen LogP contribution in [0, 0.1) is 17.7 Å². The Labute approximate surface area is 218 Å². The van der Waals surface area contributed by atoms with Gasteiger partial charge in [0, 0.05) is 26.2 Å². The van der Waals surface area contributed by atoms with E-state index in [0.717, 1.165) is 26.2 Å². The fraction of sp³-hybridized carbons (Fsp3) is 0.480. The van der Waals surface area contributed by atoms with Crippen LogP contribution < -0.4 is 11.2 Å². The van der Waals surface area contributed by atoms with Crippen molar-refractivity contribution in [1.29, 1.82) is 0 Å². The number of ether oxygens (including phenoxy) is 1. The third-order valence-electron chi connectivity index (χ3n) is 5.77. The van der Waals surface area contributed by atoms with Crippen LogP contribution in [0.25, 0.3) is 0 Å². The van der Waals surface area contributed by atoms with Gasteiger partial charge in [0.2, 0.25) is 11.7 Å². The normalized spacial score (nSPS) is 20.5. The molecule has 0 saturated carbocycles. The average Bonchev–Trinajstić information content (AvgIpc) is 3.24. The Bertz CT molecular complexity index is 1330. The summed E-state index contributed by atoms with van der Waals surface area (Å²) in [5.74, 6) is 3.52. The van der Waals surface area contributed by atoms with Gasteiger partial charge in [0.15, 0.2) is 0 Å². The van der Waals surface area contributed by atoms with Gasteiger partial charge in [-0.25, -0.2) is 9.36 Å². The maximum atomic E-state index is 14.0. The van der Waals surface area contributed by atoms with Gasteiger partial charge in [0.1, 0.15) is 12.3 Å². The van der Waals surface area contributed by atoms with Crippen molar-refractivity contribution < 1.29 is 37.5 Å². The molecule has 2 heterocycles. The maximum absolute atomic E-state index is 14.0. The number of nitrogens with zero attached hydrogens (tertiary/aromatic N) is 2. The van der Waals surface area contributed by atoms with Gasteiger partial charge in [-0.1, -0.05) is 30.3 Å². The molecule has 2 N–H and O–H groups in total. The fourth-order valence-electron chi connectivity index (χ4n) is 3.84. The van der Waals surface area contributed by atoms with E-state index in [4.69, 9.17) is 13.8 Å². The highest BCUT2D eigenvalue weighted by Crippen LogP contribution is 2.44. The van der Waals surface area contributed by atoms with Crippen molar-refractivity contribution in [2.24, 2.45) is 0 Å². The minimum Gasteiger partial charge on any atom is -0.390 e. The standard InChI is InChI=1S/C25H30FN2O9P/c1-18(29)28-24(31)20(26)16-27(25(28)32)23-15-21(30)22(37-23)17-36-38(33,34)35-14-10-5-3-2-4-7-11-19-12-8-6-9-13-19/h6,8-9,12-13,16,21-23,30H,2,4,7,10-11,14-15,17H2,1H3,(H,33,34)/t21-,22+,23+/m0/s1. The van der Waals surface area contributed by atoms with Crippen LogP contribution in [0.1, 0.15) is 55.6 Å². The first kappa shape index (κ1) is 29.6. The molecule has 2 aromatic rings. The van der Waals surface area contributed by atoms with Crippen molar-refractivity contribution in [1.82, 2.24) is 9.13 Å². The number of benzene rings is 1. The van der Waals surface area contributed by atoms with E-state index in [9.17, 15) is 33.3 Å². The first-order valence-corrected chi connectivity index (χ1v) is 13.6. The number of carbonyl (C=O) groups is 1. The van der Waals surface area contributed by atoms with Crippen molar-refractivity contribution in [3.63, 3.8) is 0 Å². The lowest BCUT2D eigenvalue weighted by Crippen LogP contribution is -2.45. The molecule has 0 spiro atoms. The summed E-state index contributed by atoms with van der Waals surface area (Å²) >= 11 is 0. The summed E-state index contributed by atoms with van der Waals surface area (Å²) in [6, 6.07) is 10.1.